The number of rotatable bonds is 4. The molecule has 1 fully saturated rings. The highest BCUT2D eigenvalue weighted by atomic mass is 79.9. The van der Waals surface area contributed by atoms with E-state index in [2.05, 4.69) is 45.1 Å². The molecule has 1 aromatic heterocycles. The summed E-state index contributed by atoms with van der Waals surface area (Å²) in [5.41, 5.74) is 0. The zero-order valence-corrected chi connectivity index (χ0v) is 12.9. The lowest BCUT2D eigenvalue weighted by Gasteiger charge is -2.39. The molecule has 2 atom stereocenters. The fourth-order valence-electron chi connectivity index (χ4n) is 2.54. The molecule has 0 aliphatic carbocycles. The van der Waals surface area contributed by atoms with E-state index in [1.54, 1.807) is 6.26 Å². The summed E-state index contributed by atoms with van der Waals surface area (Å²) in [6.45, 7) is 3.41. The minimum Gasteiger partial charge on any atom is -0.466 e. The van der Waals surface area contributed by atoms with E-state index in [1.165, 1.54) is 0 Å². The summed E-state index contributed by atoms with van der Waals surface area (Å²) in [6, 6.07) is 2.78. The van der Waals surface area contributed by atoms with E-state index in [4.69, 9.17) is 4.42 Å². The third-order valence-electron chi connectivity index (χ3n) is 3.80. The standard InChI is InChI=1S/C13H22BrN3O/c1-15-12(13-11(14)4-7-18-13)8-10-9-16(2)5-6-17(10)3/h4,7,10,12,15H,5-6,8-9H2,1-3H3. The molecule has 1 saturated heterocycles. The molecule has 0 amide bonds. The molecule has 0 spiro atoms. The Balaban J connectivity index is 2.04. The van der Waals surface area contributed by atoms with Gasteiger partial charge in [0.25, 0.3) is 0 Å². The lowest BCUT2D eigenvalue weighted by molar-refractivity contribution is 0.0995. The predicted molar refractivity (Wildman–Crippen MR) is 76.7 cm³/mol. The van der Waals surface area contributed by atoms with Gasteiger partial charge in [-0.15, -0.1) is 0 Å². The van der Waals surface area contributed by atoms with E-state index >= 15 is 0 Å². The summed E-state index contributed by atoms with van der Waals surface area (Å²) in [7, 11) is 6.39. The first-order valence-electron chi connectivity index (χ1n) is 6.40. The average molecular weight is 316 g/mol. The van der Waals surface area contributed by atoms with Crippen molar-refractivity contribution in [2.45, 2.75) is 18.5 Å². The Hall–Kier alpha value is -0.360. The van der Waals surface area contributed by atoms with Crippen molar-refractivity contribution >= 4 is 15.9 Å². The fraction of sp³-hybridized carbons (Fsp3) is 0.692. The summed E-state index contributed by atoms with van der Waals surface area (Å²) in [6.07, 6.45) is 2.80. The SMILES string of the molecule is CNC(CC1CN(C)CCN1C)c1occc1Br. The molecule has 0 radical (unpaired) electrons. The third-order valence-corrected chi connectivity index (χ3v) is 4.45. The highest BCUT2D eigenvalue weighted by Crippen LogP contribution is 2.28. The summed E-state index contributed by atoms with van der Waals surface area (Å²) >= 11 is 3.54. The number of likely N-dealkylation sites (N-methyl/N-ethyl adjacent to an activating group) is 2. The first-order chi connectivity index (χ1) is 8.61. The minimum absolute atomic E-state index is 0.258. The fourth-order valence-corrected chi connectivity index (χ4v) is 3.02. The van der Waals surface area contributed by atoms with Gasteiger partial charge in [-0.25, -0.2) is 0 Å². The first-order valence-corrected chi connectivity index (χ1v) is 7.20. The van der Waals surface area contributed by atoms with Crippen LogP contribution in [0.3, 0.4) is 0 Å². The molecule has 5 heteroatoms. The van der Waals surface area contributed by atoms with Crippen LogP contribution in [0.5, 0.6) is 0 Å². The van der Waals surface area contributed by atoms with Crippen LogP contribution in [0.25, 0.3) is 0 Å². The zero-order valence-electron chi connectivity index (χ0n) is 11.3. The van der Waals surface area contributed by atoms with E-state index in [0.717, 1.165) is 36.3 Å². The van der Waals surface area contributed by atoms with Gasteiger partial charge in [-0.05, 0) is 49.6 Å². The van der Waals surface area contributed by atoms with E-state index in [-0.39, 0.29) is 6.04 Å². The minimum atomic E-state index is 0.258. The van der Waals surface area contributed by atoms with Crippen molar-refractivity contribution in [1.82, 2.24) is 15.1 Å². The summed E-state index contributed by atoms with van der Waals surface area (Å²) < 4.78 is 6.63. The molecule has 18 heavy (non-hydrogen) atoms. The van der Waals surface area contributed by atoms with Crippen LogP contribution in [0.2, 0.25) is 0 Å². The van der Waals surface area contributed by atoms with Gasteiger partial charge in [0.15, 0.2) is 0 Å². The second-order valence-corrected chi connectivity index (χ2v) is 5.96. The Bertz CT molecular complexity index is 382. The largest absolute Gasteiger partial charge is 0.466 e. The number of hydrogen-bond acceptors (Lipinski definition) is 4. The molecule has 1 N–H and O–H groups in total. The van der Waals surface area contributed by atoms with Crippen molar-refractivity contribution < 1.29 is 4.42 Å². The van der Waals surface area contributed by atoms with Gasteiger partial charge in [0.2, 0.25) is 0 Å². The Morgan fingerprint density at radius 1 is 1.50 bits per heavy atom. The van der Waals surface area contributed by atoms with Gasteiger partial charge in [-0.2, -0.15) is 0 Å². The number of nitrogens with zero attached hydrogens (tertiary/aromatic N) is 2. The summed E-state index contributed by atoms with van der Waals surface area (Å²) in [5.74, 6) is 0.999. The van der Waals surface area contributed by atoms with Gasteiger partial charge in [0.1, 0.15) is 5.76 Å². The molecule has 1 aromatic rings. The number of piperazine rings is 1. The molecule has 2 heterocycles. The summed E-state index contributed by atoms with van der Waals surface area (Å²) in [4.78, 5) is 4.84. The van der Waals surface area contributed by atoms with Crippen LogP contribution in [0.4, 0.5) is 0 Å². The maximum atomic E-state index is 5.58. The van der Waals surface area contributed by atoms with Gasteiger partial charge in [-0.1, -0.05) is 0 Å². The van der Waals surface area contributed by atoms with Crippen molar-refractivity contribution in [3.63, 3.8) is 0 Å². The van der Waals surface area contributed by atoms with Crippen LogP contribution in [0.1, 0.15) is 18.2 Å². The monoisotopic (exact) mass is 315 g/mol. The maximum absolute atomic E-state index is 5.58. The van der Waals surface area contributed by atoms with Crippen LogP contribution < -0.4 is 5.32 Å². The molecular formula is C13H22BrN3O. The molecule has 102 valence electrons. The Labute approximate surface area is 117 Å². The maximum Gasteiger partial charge on any atom is 0.134 e. The molecule has 1 aliphatic heterocycles. The van der Waals surface area contributed by atoms with Crippen molar-refractivity contribution in [3.05, 3.63) is 22.6 Å². The number of nitrogens with one attached hydrogen (secondary N) is 1. The molecule has 0 bridgehead atoms. The van der Waals surface area contributed by atoms with Crippen LogP contribution >= 0.6 is 15.9 Å². The Morgan fingerprint density at radius 2 is 2.28 bits per heavy atom. The van der Waals surface area contributed by atoms with Crippen LogP contribution in [0.15, 0.2) is 21.2 Å². The molecule has 2 unspecified atom stereocenters. The van der Waals surface area contributed by atoms with E-state index in [1.807, 2.05) is 13.1 Å². The van der Waals surface area contributed by atoms with E-state index in [0.29, 0.717) is 6.04 Å². The van der Waals surface area contributed by atoms with Crippen LogP contribution in [-0.4, -0.2) is 56.6 Å². The van der Waals surface area contributed by atoms with Gasteiger partial charge in [0.05, 0.1) is 16.8 Å². The second-order valence-electron chi connectivity index (χ2n) is 5.11. The topological polar surface area (TPSA) is 31.6 Å². The van der Waals surface area contributed by atoms with Crippen LogP contribution in [0, 0.1) is 0 Å². The average Bonchev–Trinajstić information content (AvgIpc) is 2.77. The predicted octanol–water partition coefficient (Wildman–Crippen LogP) is 1.94. The Kier molecular flexibility index (Phi) is 4.84. The Morgan fingerprint density at radius 3 is 2.89 bits per heavy atom. The molecule has 4 nitrogen and oxygen atoms in total. The third kappa shape index (κ3) is 3.15. The van der Waals surface area contributed by atoms with Gasteiger partial charge in [0, 0.05) is 25.7 Å². The number of furan rings is 1. The molecular weight excluding hydrogens is 294 g/mol. The normalized spacial score (nSPS) is 24.3. The highest BCUT2D eigenvalue weighted by Gasteiger charge is 2.27. The molecule has 2 rings (SSSR count). The smallest absolute Gasteiger partial charge is 0.134 e. The van der Waals surface area contributed by atoms with Gasteiger partial charge < -0.3 is 19.5 Å². The molecule has 1 aliphatic rings. The number of hydrogen-bond donors (Lipinski definition) is 1. The van der Waals surface area contributed by atoms with Crippen LogP contribution in [-0.2, 0) is 0 Å². The van der Waals surface area contributed by atoms with Gasteiger partial charge >= 0.3 is 0 Å². The van der Waals surface area contributed by atoms with Crippen molar-refractivity contribution in [2.75, 3.05) is 40.8 Å². The zero-order chi connectivity index (χ0) is 13.1. The van der Waals surface area contributed by atoms with Crippen molar-refractivity contribution in [3.8, 4) is 0 Å². The lowest BCUT2D eigenvalue weighted by Crippen LogP contribution is -2.50. The van der Waals surface area contributed by atoms with Crippen molar-refractivity contribution in [2.24, 2.45) is 0 Å². The number of halogens is 1. The quantitative estimate of drug-likeness (QED) is 0.920. The molecule has 0 aromatic carbocycles. The van der Waals surface area contributed by atoms with Gasteiger partial charge in [-0.3, -0.25) is 0 Å². The summed E-state index contributed by atoms with van der Waals surface area (Å²) in [5, 5.41) is 3.36. The van der Waals surface area contributed by atoms with E-state index in [9.17, 15) is 0 Å². The van der Waals surface area contributed by atoms with Crippen molar-refractivity contribution in [1.29, 1.82) is 0 Å². The molecule has 0 saturated carbocycles. The first kappa shape index (κ1) is 14.1. The second kappa shape index (κ2) is 6.19. The van der Waals surface area contributed by atoms with E-state index < -0.39 is 0 Å². The highest BCUT2D eigenvalue weighted by molar-refractivity contribution is 9.10. The lowest BCUT2D eigenvalue weighted by atomic mass is 10.0.